The van der Waals surface area contributed by atoms with Crippen LogP contribution in [-0.4, -0.2) is 36.8 Å². The van der Waals surface area contributed by atoms with E-state index in [2.05, 4.69) is 0 Å². The van der Waals surface area contributed by atoms with Crippen molar-refractivity contribution in [1.29, 1.82) is 0 Å². The van der Waals surface area contributed by atoms with Crippen LogP contribution < -0.4 is 5.32 Å². The number of nitrogens with zero attached hydrogens (tertiary/aromatic N) is 1. The number of carbonyl (C=O) groups is 1. The standard InChI is InChI=1S/C8H14N2O/c11-8(7-1-2-7)10-5-3-9-4-6-10/h7,9H,1-6H2/i1D2,2D2,3D2,4D2,5D2,6D2,7D. The van der Waals surface area contributed by atoms with E-state index in [1.54, 1.807) is 0 Å². The van der Waals surface area contributed by atoms with Crippen LogP contribution in [0.25, 0.3) is 0 Å². The van der Waals surface area contributed by atoms with Crippen molar-refractivity contribution >= 4 is 5.91 Å². The predicted molar refractivity (Wildman–Crippen MR) is 42.2 cm³/mol. The van der Waals surface area contributed by atoms with Crippen LogP contribution in [0.3, 0.4) is 0 Å². The smallest absolute Gasteiger partial charge is 0.225 e. The van der Waals surface area contributed by atoms with Crippen molar-refractivity contribution in [3.05, 3.63) is 0 Å². The summed E-state index contributed by atoms with van der Waals surface area (Å²) in [5.74, 6) is -5.24. The first-order valence-corrected chi connectivity index (χ1v) is 2.87. The molecule has 0 unspecified atom stereocenters. The zero-order valence-corrected chi connectivity index (χ0v) is 5.36. The highest BCUT2D eigenvalue weighted by Gasteiger charge is 2.33. The molecule has 62 valence electrons. The molecule has 0 aromatic heterocycles. The number of hydrogen-bond donors (Lipinski definition) is 1. The zero-order valence-electron chi connectivity index (χ0n) is 18.4. The van der Waals surface area contributed by atoms with Crippen molar-refractivity contribution in [2.75, 3.05) is 26.0 Å². The normalized spacial score (nSPS) is 73.1. The van der Waals surface area contributed by atoms with Crippen LogP contribution in [0.2, 0.25) is 0 Å². The summed E-state index contributed by atoms with van der Waals surface area (Å²) in [4.78, 5) is 12.0. The number of rotatable bonds is 1. The van der Waals surface area contributed by atoms with Gasteiger partial charge in [0.15, 0.2) is 0 Å². The number of piperazine rings is 1. The Balaban J connectivity index is 2.64. The third kappa shape index (κ3) is 1.53. The molecule has 0 spiro atoms. The van der Waals surface area contributed by atoms with Gasteiger partial charge >= 0.3 is 0 Å². The lowest BCUT2D eigenvalue weighted by atomic mass is 10.3. The molecule has 0 radical (unpaired) electrons. The van der Waals surface area contributed by atoms with Gasteiger partial charge in [-0.1, -0.05) is 0 Å². The number of hydrogen-bond acceptors (Lipinski definition) is 2. The van der Waals surface area contributed by atoms with Gasteiger partial charge in [-0.15, -0.1) is 0 Å². The van der Waals surface area contributed by atoms with Gasteiger partial charge in [0, 0.05) is 44.2 Å². The first-order chi connectivity index (χ1) is 10.2. The summed E-state index contributed by atoms with van der Waals surface area (Å²) in [7, 11) is 0. The summed E-state index contributed by atoms with van der Waals surface area (Å²) < 4.78 is 98.5. The molecular weight excluding hydrogens is 140 g/mol. The molecule has 1 saturated heterocycles. The van der Waals surface area contributed by atoms with E-state index in [1.165, 1.54) is 5.32 Å². The highest BCUT2D eigenvalue weighted by atomic mass is 16.2. The average Bonchev–Trinajstić information content (AvgIpc) is 2.64. The van der Waals surface area contributed by atoms with Crippen LogP contribution >= 0.6 is 0 Å². The van der Waals surface area contributed by atoms with Crippen molar-refractivity contribution in [3.63, 3.8) is 0 Å². The van der Waals surface area contributed by atoms with Gasteiger partial charge in [0.2, 0.25) is 5.91 Å². The molecule has 0 bridgehead atoms. The SMILES string of the molecule is [2H]C1([2H])NC([2H])([2H])C([2H])([2H])N(C(=O)C2([2H])C([2H])([2H])C2([2H])[2H])C1([2H])[2H]. The van der Waals surface area contributed by atoms with Crippen LogP contribution in [0, 0.1) is 5.89 Å². The second-order valence-corrected chi connectivity index (χ2v) is 1.86. The molecule has 11 heavy (non-hydrogen) atoms. The maximum Gasteiger partial charge on any atom is 0.225 e. The first-order valence-electron chi connectivity index (χ1n) is 9.37. The van der Waals surface area contributed by atoms with Gasteiger partial charge in [0.05, 0.1) is 5.48 Å². The highest BCUT2D eigenvalue weighted by Crippen LogP contribution is 2.30. The summed E-state index contributed by atoms with van der Waals surface area (Å²) >= 11 is 0. The molecule has 1 amide bonds. The van der Waals surface area contributed by atoms with Gasteiger partial charge in [0.25, 0.3) is 0 Å². The third-order valence-corrected chi connectivity index (χ3v) is 1.13. The van der Waals surface area contributed by atoms with Crippen LogP contribution in [0.1, 0.15) is 30.6 Å². The Bertz CT molecular complexity index is 559. The van der Waals surface area contributed by atoms with Crippen LogP contribution in [0.5, 0.6) is 0 Å². The molecule has 2 rings (SSSR count). The Kier molecular flexibility index (Phi) is 0.398. The maximum atomic E-state index is 12.5. The zero-order chi connectivity index (χ0) is 19.4. The lowest BCUT2D eigenvalue weighted by molar-refractivity contribution is -0.133. The third-order valence-electron chi connectivity index (χ3n) is 1.13. The molecule has 0 atom stereocenters. The minimum Gasteiger partial charge on any atom is -0.340 e. The van der Waals surface area contributed by atoms with Crippen molar-refractivity contribution < 1.29 is 22.6 Å². The summed E-state index contributed by atoms with van der Waals surface area (Å²) in [5.41, 5.74) is 0. The number of nitrogens with one attached hydrogen (secondary N) is 1. The Labute approximate surface area is 85.0 Å². The second kappa shape index (κ2) is 2.81. The quantitative estimate of drug-likeness (QED) is 0.588. The molecule has 3 heteroatoms. The van der Waals surface area contributed by atoms with E-state index in [0.717, 1.165) is 0 Å². The minimum atomic E-state index is -3.53. The highest BCUT2D eigenvalue weighted by molar-refractivity contribution is 5.81. The van der Waals surface area contributed by atoms with Gasteiger partial charge in [-0.25, -0.2) is 0 Å². The maximum absolute atomic E-state index is 12.5. The lowest BCUT2D eigenvalue weighted by Gasteiger charge is -2.27. The molecule has 1 aliphatic heterocycles. The molecule has 0 aromatic carbocycles. The minimum absolute atomic E-state index is 0.536. The Morgan fingerprint density at radius 2 is 2.18 bits per heavy atom. The Morgan fingerprint density at radius 3 is 2.73 bits per heavy atom. The molecule has 1 heterocycles. The summed E-state index contributed by atoms with van der Waals surface area (Å²) in [6, 6.07) is 0. The molecule has 1 saturated carbocycles. The van der Waals surface area contributed by atoms with Crippen molar-refractivity contribution in [1.82, 2.24) is 10.2 Å². The van der Waals surface area contributed by atoms with Crippen LogP contribution in [0.4, 0.5) is 0 Å². The fraction of sp³-hybridized carbons (Fsp3) is 0.875. The summed E-state index contributed by atoms with van der Waals surface area (Å²) in [6.07, 6.45) is -6.15. The molecule has 2 aliphatic rings. The molecular formula is C8H14N2O. The number of amides is 1. The van der Waals surface area contributed by atoms with E-state index in [1.807, 2.05) is 0 Å². The van der Waals surface area contributed by atoms with E-state index in [0.29, 0.717) is 0 Å². The van der Waals surface area contributed by atoms with E-state index < -0.39 is 55.4 Å². The van der Waals surface area contributed by atoms with Crippen LogP contribution in [-0.2, 0) is 4.79 Å². The molecule has 3 nitrogen and oxygen atoms in total. The lowest BCUT2D eigenvalue weighted by Crippen LogP contribution is -2.46. The Morgan fingerprint density at radius 1 is 1.55 bits per heavy atom. The van der Waals surface area contributed by atoms with Crippen molar-refractivity contribution in [3.8, 4) is 0 Å². The molecule has 2 fully saturated rings. The van der Waals surface area contributed by atoms with Gasteiger partial charge in [-0.05, 0) is 12.7 Å². The van der Waals surface area contributed by atoms with Crippen LogP contribution in [0.15, 0.2) is 0 Å². The summed E-state index contributed by atoms with van der Waals surface area (Å²) in [5, 5.41) is 1.48. The monoisotopic (exact) mass is 167 g/mol. The van der Waals surface area contributed by atoms with E-state index in [-0.39, 0.29) is 0 Å². The van der Waals surface area contributed by atoms with E-state index in [4.69, 9.17) is 17.8 Å². The van der Waals surface area contributed by atoms with E-state index >= 15 is 0 Å². The number of carbonyl (C=O) groups excluding carboxylic acids is 1. The van der Waals surface area contributed by atoms with Gasteiger partial charge in [-0.2, -0.15) is 0 Å². The molecule has 0 aromatic rings. The fourth-order valence-electron chi connectivity index (χ4n) is 0.578. The van der Waals surface area contributed by atoms with Gasteiger partial charge < -0.3 is 10.2 Å². The summed E-state index contributed by atoms with van der Waals surface area (Å²) in [6.45, 7) is -13.6. The average molecular weight is 167 g/mol. The largest absolute Gasteiger partial charge is 0.340 e. The molecule has 1 N–H and O–H groups in total. The fourth-order valence-corrected chi connectivity index (χ4v) is 0.578. The predicted octanol–water partition coefficient (Wildman–Crippen LogP) is -0.172. The van der Waals surface area contributed by atoms with E-state index in [9.17, 15) is 4.79 Å². The Hall–Kier alpha value is -0.570. The van der Waals surface area contributed by atoms with Gasteiger partial charge in [0.1, 0.15) is 0 Å². The molecule has 1 aliphatic carbocycles. The van der Waals surface area contributed by atoms with Crippen molar-refractivity contribution in [2.45, 2.75) is 12.7 Å². The first kappa shape index (κ1) is 1.55. The van der Waals surface area contributed by atoms with Crippen molar-refractivity contribution in [2.24, 2.45) is 5.89 Å². The second-order valence-electron chi connectivity index (χ2n) is 1.86. The van der Waals surface area contributed by atoms with Gasteiger partial charge in [-0.3, -0.25) is 4.79 Å². The topological polar surface area (TPSA) is 32.3 Å².